The Bertz CT molecular complexity index is 831. The number of nitrogens with zero attached hydrogens (tertiary/aromatic N) is 5. The van der Waals surface area contributed by atoms with Crippen LogP contribution < -0.4 is 5.56 Å². The van der Waals surface area contributed by atoms with E-state index < -0.39 is 0 Å². The zero-order valence-corrected chi connectivity index (χ0v) is 15.8. The van der Waals surface area contributed by atoms with Gasteiger partial charge in [-0.1, -0.05) is 20.8 Å². The lowest BCUT2D eigenvalue weighted by Crippen LogP contribution is -2.37. The van der Waals surface area contributed by atoms with E-state index in [0.29, 0.717) is 24.9 Å². The molecule has 1 aliphatic heterocycles. The van der Waals surface area contributed by atoms with E-state index in [1.165, 1.54) is 0 Å². The van der Waals surface area contributed by atoms with Crippen LogP contribution in [0.15, 0.2) is 21.3 Å². The van der Waals surface area contributed by atoms with Crippen LogP contribution in [0, 0.1) is 0 Å². The highest BCUT2D eigenvalue weighted by Gasteiger charge is 2.31. The van der Waals surface area contributed by atoms with Gasteiger partial charge in [-0.2, -0.15) is 5.10 Å². The normalized spacial score (nSPS) is 21.4. The lowest BCUT2D eigenvalue weighted by molar-refractivity contribution is 0.195. The van der Waals surface area contributed by atoms with Gasteiger partial charge in [0.15, 0.2) is 0 Å². The van der Waals surface area contributed by atoms with Gasteiger partial charge in [0.25, 0.3) is 5.56 Å². The van der Waals surface area contributed by atoms with Crippen molar-refractivity contribution in [1.82, 2.24) is 24.9 Å². The summed E-state index contributed by atoms with van der Waals surface area (Å²) < 4.78 is 7.43. The minimum Gasteiger partial charge on any atom is -0.424 e. The first kappa shape index (κ1) is 17.4. The van der Waals surface area contributed by atoms with E-state index in [1.54, 1.807) is 10.7 Å². The topological polar surface area (TPSA) is 77.0 Å². The van der Waals surface area contributed by atoms with Crippen molar-refractivity contribution in [3.05, 3.63) is 40.0 Å². The quantitative estimate of drug-likeness (QED) is 0.818. The zero-order chi connectivity index (χ0) is 18.3. The molecular weight excluding hydrogens is 330 g/mol. The highest BCUT2D eigenvalue weighted by Crippen LogP contribution is 2.39. The van der Waals surface area contributed by atoms with Crippen LogP contribution in [0.3, 0.4) is 0 Å². The van der Waals surface area contributed by atoms with Crippen LogP contribution >= 0.6 is 0 Å². The predicted octanol–water partition coefficient (Wildman–Crippen LogP) is 2.47. The summed E-state index contributed by atoms with van der Waals surface area (Å²) in [4.78, 5) is 14.6. The molecule has 7 heteroatoms. The molecule has 0 aromatic carbocycles. The Kier molecular flexibility index (Phi) is 4.42. The smallest absolute Gasteiger partial charge is 0.266 e. The molecule has 1 atom stereocenters. The largest absolute Gasteiger partial charge is 0.424 e. The standard InChI is InChI=1S/C19H27N5O2/c1-19(2,3)15-8-9-17(25)24(22-15)11-14-5-4-10-23(14)12-16-20-21-18(26-16)13-6-7-13/h8-9,13-14H,4-7,10-12H2,1-3H3. The molecule has 0 radical (unpaired) electrons. The minimum atomic E-state index is -0.0756. The van der Waals surface area contributed by atoms with Gasteiger partial charge in [-0.3, -0.25) is 9.69 Å². The summed E-state index contributed by atoms with van der Waals surface area (Å²) in [6.07, 6.45) is 4.48. The lowest BCUT2D eigenvalue weighted by atomic mass is 9.92. The van der Waals surface area contributed by atoms with Crippen molar-refractivity contribution in [2.24, 2.45) is 0 Å². The fourth-order valence-corrected chi connectivity index (χ4v) is 3.49. The van der Waals surface area contributed by atoms with Crippen molar-refractivity contribution in [1.29, 1.82) is 0 Å². The highest BCUT2D eigenvalue weighted by molar-refractivity contribution is 5.10. The molecule has 1 saturated carbocycles. The van der Waals surface area contributed by atoms with Gasteiger partial charge in [0.05, 0.1) is 18.8 Å². The Morgan fingerprint density at radius 3 is 2.73 bits per heavy atom. The number of rotatable bonds is 5. The summed E-state index contributed by atoms with van der Waals surface area (Å²) >= 11 is 0. The molecule has 26 heavy (non-hydrogen) atoms. The summed E-state index contributed by atoms with van der Waals surface area (Å²) in [5, 5.41) is 13.0. The average molecular weight is 357 g/mol. The Balaban J connectivity index is 1.47. The summed E-state index contributed by atoms with van der Waals surface area (Å²) in [5.74, 6) is 1.95. The first-order valence-electron chi connectivity index (χ1n) is 9.55. The van der Waals surface area contributed by atoms with Crippen molar-refractivity contribution in [2.75, 3.05) is 6.54 Å². The zero-order valence-electron chi connectivity index (χ0n) is 15.8. The SMILES string of the molecule is CC(C)(C)c1ccc(=O)n(CC2CCCN2Cc2nnc(C3CC3)o2)n1. The maximum absolute atomic E-state index is 12.3. The summed E-state index contributed by atoms with van der Waals surface area (Å²) in [7, 11) is 0. The Labute approximate surface area is 153 Å². The molecule has 3 heterocycles. The molecule has 0 bridgehead atoms. The minimum absolute atomic E-state index is 0.0429. The van der Waals surface area contributed by atoms with Crippen LogP contribution in [-0.2, 0) is 18.5 Å². The van der Waals surface area contributed by atoms with Crippen molar-refractivity contribution >= 4 is 0 Å². The summed E-state index contributed by atoms with van der Waals surface area (Å²) in [5.41, 5.74) is 0.819. The predicted molar refractivity (Wildman–Crippen MR) is 96.9 cm³/mol. The van der Waals surface area contributed by atoms with Crippen LogP contribution in [0.2, 0.25) is 0 Å². The molecule has 4 rings (SSSR count). The molecule has 0 spiro atoms. The van der Waals surface area contributed by atoms with Gasteiger partial charge in [0.2, 0.25) is 11.8 Å². The molecule has 0 N–H and O–H groups in total. The van der Waals surface area contributed by atoms with Crippen LogP contribution in [0.5, 0.6) is 0 Å². The molecule has 2 aromatic heterocycles. The summed E-state index contributed by atoms with van der Waals surface area (Å²) in [6, 6.07) is 3.74. The molecular formula is C19H27N5O2. The van der Waals surface area contributed by atoms with E-state index in [1.807, 2.05) is 6.07 Å². The van der Waals surface area contributed by atoms with Gasteiger partial charge in [-0.25, -0.2) is 4.68 Å². The van der Waals surface area contributed by atoms with E-state index in [4.69, 9.17) is 4.42 Å². The molecule has 2 fully saturated rings. The van der Waals surface area contributed by atoms with Crippen molar-refractivity contribution < 1.29 is 4.42 Å². The van der Waals surface area contributed by atoms with Gasteiger partial charge in [-0.05, 0) is 38.3 Å². The van der Waals surface area contributed by atoms with Crippen LogP contribution in [-0.4, -0.2) is 37.5 Å². The molecule has 1 aliphatic carbocycles. The van der Waals surface area contributed by atoms with E-state index >= 15 is 0 Å². The van der Waals surface area contributed by atoms with E-state index in [2.05, 4.69) is 41.0 Å². The molecule has 7 nitrogen and oxygen atoms in total. The van der Waals surface area contributed by atoms with Crippen LogP contribution in [0.25, 0.3) is 0 Å². The average Bonchev–Trinajstić information content (AvgIpc) is 3.18. The molecule has 140 valence electrons. The molecule has 2 aliphatic rings. The van der Waals surface area contributed by atoms with Crippen molar-refractivity contribution in [3.8, 4) is 0 Å². The first-order chi connectivity index (χ1) is 12.4. The number of aromatic nitrogens is 4. The van der Waals surface area contributed by atoms with Gasteiger partial charge >= 0.3 is 0 Å². The second-order valence-corrected chi connectivity index (χ2v) is 8.56. The third kappa shape index (κ3) is 3.72. The molecule has 1 unspecified atom stereocenters. The van der Waals surface area contributed by atoms with Gasteiger partial charge in [-0.15, -0.1) is 10.2 Å². The fourth-order valence-electron chi connectivity index (χ4n) is 3.49. The lowest BCUT2D eigenvalue weighted by Gasteiger charge is -2.24. The van der Waals surface area contributed by atoms with Crippen LogP contribution in [0.1, 0.15) is 69.8 Å². The number of hydrogen-bond acceptors (Lipinski definition) is 6. The van der Waals surface area contributed by atoms with E-state index in [9.17, 15) is 4.79 Å². The maximum Gasteiger partial charge on any atom is 0.266 e. The van der Waals surface area contributed by atoms with Gasteiger partial charge < -0.3 is 4.42 Å². The third-order valence-corrected chi connectivity index (χ3v) is 5.27. The molecule has 0 amide bonds. The monoisotopic (exact) mass is 357 g/mol. The second kappa shape index (κ2) is 6.61. The Hall–Kier alpha value is -2.02. The molecule has 1 saturated heterocycles. The Morgan fingerprint density at radius 2 is 2.00 bits per heavy atom. The van der Waals surface area contributed by atoms with Gasteiger partial charge in [0, 0.05) is 23.4 Å². The second-order valence-electron chi connectivity index (χ2n) is 8.56. The fraction of sp³-hybridized carbons (Fsp3) is 0.684. The van der Waals surface area contributed by atoms with Crippen LogP contribution in [0.4, 0.5) is 0 Å². The highest BCUT2D eigenvalue weighted by atomic mass is 16.4. The van der Waals surface area contributed by atoms with Gasteiger partial charge in [0.1, 0.15) is 0 Å². The van der Waals surface area contributed by atoms with E-state index in [0.717, 1.165) is 43.8 Å². The number of hydrogen-bond donors (Lipinski definition) is 0. The van der Waals surface area contributed by atoms with E-state index in [-0.39, 0.29) is 17.0 Å². The molecule has 2 aromatic rings. The summed E-state index contributed by atoms with van der Waals surface area (Å²) in [6.45, 7) is 8.57. The maximum atomic E-state index is 12.3. The third-order valence-electron chi connectivity index (χ3n) is 5.27. The first-order valence-corrected chi connectivity index (χ1v) is 9.55. The Morgan fingerprint density at radius 1 is 1.19 bits per heavy atom. The number of likely N-dealkylation sites (tertiary alicyclic amines) is 1. The van der Waals surface area contributed by atoms with Crippen molar-refractivity contribution in [2.45, 2.75) is 76.9 Å². The van der Waals surface area contributed by atoms with Crippen molar-refractivity contribution in [3.63, 3.8) is 0 Å².